The van der Waals surface area contributed by atoms with Crippen LogP contribution in [0.4, 0.5) is 0 Å². The van der Waals surface area contributed by atoms with Gasteiger partial charge in [-0.15, -0.1) is 0 Å². The smallest absolute Gasteiger partial charge is 0.316 e. The lowest BCUT2D eigenvalue weighted by Gasteiger charge is -2.37. The number of ether oxygens (including phenoxy) is 1. The summed E-state index contributed by atoms with van der Waals surface area (Å²) in [5.74, 6) is -1.71. The fourth-order valence-corrected chi connectivity index (χ4v) is 2.91. The number of esters is 1. The maximum absolute atomic E-state index is 12.4. The van der Waals surface area contributed by atoms with Crippen LogP contribution < -0.4 is 0 Å². The molecule has 0 bridgehead atoms. The van der Waals surface area contributed by atoms with Gasteiger partial charge in [-0.1, -0.05) is 20.8 Å². The van der Waals surface area contributed by atoms with Crippen LogP contribution in [0.3, 0.4) is 0 Å². The molecule has 0 radical (unpaired) electrons. The normalized spacial score (nSPS) is 23.0. The molecular weight excluding hydrogens is 282 g/mol. The first-order valence-electron chi connectivity index (χ1n) is 7.76. The van der Waals surface area contributed by atoms with Gasteiger partial charge in [0.25, 0.3) is 0 Å². The number of ketones is 1. The average molecular weight is 309 g/mol. The number of rotatable bonds is 5. The van der Waals surface area contributed by atoms with Crippen LogP contribution in [0.1, 0.15) is 53.9 Å². The molecule has 0 heterocycles. The first-order chi connectivity index (χ1) is 10.2. The van der Waals surface area contributed by atoms with Gasteiger partial charge in [-0.05, 0) is 32.1 Å². The Morgan fingerprint density at radius 1 is 1.41 bits per heavy atom. The van der Waals surface area contributed by atoms with Crippen molar-refractivity contribution in [2.45, 2.75) is 59.9 Å². The molecular formula is C17H27NO4. The van der Waals surface area contributed by atoms with Crippen LogP contribution in [0.5, 0.6) is 0 Å². The minimum atomic E-state index is -0.834. The molecule has 0 fully saturated rings. The number of allylic oxidation sites excluding steroid dienone is 1. The summed E-state index contributed by atoms with van der Waals surface area (Å²) in [7, 11) is 1.29. The van der Waals surface area contributed by atoms with Gasteiger partial charge in [-0.2, -0.15) is 0 Å². The molecule has 22 heavy (non-hydrogen) atoms. The number of carbonyl (C=O) groups excluding carboxylic acids is 2. The SMILES string of the molecule is CCCC(=O)C1=C(O)[C@H](C(=O)OC)C(C)(C)CC1=NC(C)C. The van der Waals surface area contributed by atoms with Crippen molar-refractivity contribution in [3.8, 4) is 0 Å². The lowest BCUT2D eigenvalue weighted by Crippen LogP contribution is -2.42. The third-order valence-electron chi connectivity index (χ3n) is 3.83. The lowest BCUT2D eigenvalue weighted by molar-refractivity contribution is -0.149. The molecule has 1 N–H and O–H groups in total. The van der Waals surface area contributed by atoms with Gasteiger partial charge < -0.3 is 9.84 Å². The van der Waals surface area contributed by atoms with Gasteiger partial charge in [0.15, 0.2) is 5.78 Å². The highest BCUT2D eigenvalue weighted by Crippen LogP contribution is 2.43. The molecule has 5 heteroatoms. The molecule has 0 amide bonds. The second kappa shape index (κ2) is 7.07. The van der Waals surface area contributed by atoms with Crippen molar-refractivity contribution in [3.05, 3.63) is 11.3 Å². The molecule has 5 nitrogen and oxygen atoms in total. The average Bonchev–Trinajstić information content (AvgIpc) is 2.36. The van der Waals surface area contributed by atoms with Crippen molar-refractivity contribution in [1.82, 2.24) is 0 Å². The van der Waals surface area contributed by atoms with E-state index in [0.29, 0.717) is 25.0 Å². The zero-order valence-corrected chi connectivity index (χ0v) is 14.4. The van der Waals surface area contributed by atoms with E-state index in [0.717, 1.165) is 0 Å². The van der Waals surface area contributed by atoms with Gasteiger partial charge in [-0.3, -0.25) is 14.6 Å². The predicted octanol–water partition coefficient (Wildman–Crippen LogP) is 3.24. The Bertz CT molecular complexity index is 515. The third kappa shape index (κ3) is 3.76. The number of Topliss-reactive ketones (excluding diaryl/α,β-unsaturated/α-hetero) is 1. The van der Waals surface area contributed by atoms with Gasteiger partial charge >= 0.3 is 5.97 Å². The minimum Gasteiger partial charge on any atom is -0.511 e. The van der Waals surface area contributed by atoms with Crippen molar-refractivity contribution in [2.75, 3.05) is 7.11 Å². The van der Waals surface area contributed by atoms with Crippen LogP contribution in [0.15, 0.2) is 16.3 Å². The molecule has 0 aromatic heterocycles. The zero-order valence-electron chi connectivity index (χ0n) is 14.4. The van der Waals surface area contributed by atoms with Gasteiger partial charge in [0, 0.05) is 18.2 Å². The highest BCUT2D eigenvalue weighted by Gasteiger charge is 2.47. The highest BCUT2D eigenvalue weighted by atomic mass is 16.5. The van der Waals surface area contributed by atoms with E-state index in [1.54, 1.807) is 0 Å². The lowest BCUT2D eigenvalue weighted by atomic mass is 9.67. The molecule has 0 aromatic carbocycles. The van der Waals surface area contributed by atoms with Crippen LogP contribution in [-0.2, 0) is 14.3 Å². The van der Waals surface area contributed by atoms with Gasteiger partial charge in [-0.25, -0.2) is 0 Å². The first kappa shape index (κ1) is 18.4. The number of hydrogen-bond acceptors (Lipinski definition) is 5. The van der Waals surface area contributed by atoms with Crippen LogP contribution in [0.25, 0.3) is 0 Å². The van der Waals surface area contributed by atoms with E-state index >= 15 is 0 Å². The standard InChI is InChI=1S/C17H27NO4/c1-7-8-12(19)13-11(18-10(2)3)9-17(4,5)14(15(13)20)16(21)22-6/h10,14,20H,7-9H2,1-6H3/t14-/m1/s1. The maximum atomic E-state index is 12.4. The zero-order chi connectivity index (χ0) is 17.1. The third-order valence-corrected chi connectivity index (χ3v) is 3.83. The van der Waals surface area contributed by atoms with Crippen molar-refractivity contribution < 1.29 is 19.4 Å². The van der Waals surface area contributed by atoms with Crippen molar-refractivity contribution >= 4 is 17.5 Å². The topological polar surface area (TPSA) is 76.0 Å². The van der Waals surface area contributed by atoms with Crippen LogP contribution >= 0.6 is 0 Å². The van der Waals surface area contributed by atoms with E-state index in [2.05, 4.69) is 4.99 Å². The van der Waals surface area contributed by atoms with Crippen molar-refractivity contribution in [1.29, 1.82) is 0 Å². The molecule has 0 unspecified atom stereocenters. The Balaban J connectivity index is 3.49. The maximum Gasteiger partial charge on any atom is 0.316 e. The second-order valence-electron chi connectivity index (χ2n) is 6.72. The molecule has 0 aliphatic heterocycles. The summed E-state index contributed by atoms with van der Waals surface area (Å²) in [6, 6.07) is 0.0118. The van der Waals surface area contributed by atoms with Crippen molar-refractivity contribution in [3.63, 3.8) is 0 Å². The Morgan fingerprint density at radius 3 is 2.45 bits per heavy atom. The Morgan fingerprint density at radius 2 is 2.00 bits per heavy atom. The molecule has 0 saturated heterocycles. The summed E-state index contributed by atoms with van der Waals surface area (Å²) < 4.78 is 4.82. The van der Waals surface area contributed by atoms with E-state index in [1.165, 1.54) is 7.11 Å². The molecule has 1 rings (SSSR count). The van der Waals surface area contributed by atoms with E-state index in [1.807, 2.05) is 34.6 Å². The highest BCUT2D eigenvalue weighted by molar-refractivity contribution is 6.24. The predicted molar refractivity (Wildman–Crippen MR) is 86.0 cm³/mol. The number of nitrogens with zero attached hydrogens (tertiary/aromatic N) is 1. The molecule has 0 spiro atoms. The van der Waals surface area contributed by atoms with E-state index in [4.69, 9.17) is 4.74 Å². The molecule has 1 atom stereocenters. The van der Waals surface area contributed by atoms with Gasteiger partial charge in [0.05, 0.1) is 12.7 Å². The van der Waals surface area contributed by atoms with Crippen molar-refractivity contribution in [2.24, 2.45) is 16.3 Å². The summed E-state index contributed by atoms with van der Waals surface area (Å²) in [5, 5.41) is 10.6. The summed E-state index contributed by atoms with van der Waals surface area (Å²) in [6.07, 6.45) is 1.46. The number of carbonyl (C=O) groups is 2. The van der Waals surface area contributed by atoms with Crippen LogP contribution in [-0.4, -0.2) is 35.7 Å². The number of methoxy groups -OCH3 is 1. The Kier molecular flexibility index (Phi) is 5.92. The van der Waals surface area contributed by atoms with E-state index in [-0.39, 0.29) is 23.2 Å². The largest absolute Gasteiger partial charge is 0.511 e. The summed E-state index contributed by atoms with van der Waals surface area (Å²) in [5.41, 5.74) is 0.252. The number of aliphatic hydroxyl groups excluding tert-OH is 1. The van der Waals surface area contributed by atoms with E-state index in [9.17, 15) is 14.7 Å². The van der Waals surface area contributed by atoms with Gasteiger partial charge in [0.1, 0.15) is 11.7 Å². The Labute approximate surface area is 132 Å². The van der Waals surface area contributed by atoms with Crippen LogP contribution in [0, 0.1) is 11.3 Å². The van der Waals surface area contributed by atoms with E-state index < -0.39 is 17.3 Å². The summed E-state index contributed by atoms with van der Waals surface area (Å²) in [6.45, 7) is 9.50. The number of aliphatic imine (C=N–C) groups is 1. The summed E-state index contributed by atoms with van der Waals surface area (Å²) in [4.78, 5) is 29.0. The monoisotopic (exact) mass is 309 g/mol. The quantitative estimate of drug-likeness (QED) is 0.791. The fraction of sp³-hybridized carbons (Fsp3) is 0.706. The number of hydrogen-bond donors (Lipinski definition) is 1. The molecule has 124 valence electrons. The second-order valence-corrected chi connectivity index (χ2v) is 6.72. The fourth-order valence-electron chi connectivity index (χ4n) is 2.91. The molecule has 0 aromatic rings. The molecule has 1 aliphatic carbocycles. The Hall–Kier alpha value is -1.65. The van der Waals surface area contributed by atoms with Gasteiger partial charge in [0.2, 0.25) is 0 Å². The minimum absolute atomic E-state index is 0.0118. The first-order valence-corrected chi connectivity index (χ1v) is 7.76. The number of aliphatic hydroxyl groups is 1. The molecule has 1 aliphatic rings. The molecule has 0 saturated carbocycles. The van der Waals surface area contributed by atoms with Crippen LogP contribution in [0.2, 0.25) is 0 Å². The summed E-state index contributed by atoms with van der Waals surface area (Å²) >= 11 is 0.